The first kappa shape index (κ1) is 17.6. The summed E-state index contributed by atoms with van der Waals surface area (Å²) in [5.41, 5.74) is 0.280. The Labute approximate surface area is 139 Å². The molecule has 0 spiro atoms. The maximum Gasteiger partial charge on any atom is 0.433 e. The smallest absolute Gasteiger partial charge is 0.433 e. The van der Waals surface area contributed by atoms with Gasteiger partial charge < -0.3 is 14.5 Å². The Morgan fingerprint density at radius 2 is 1.88 bits per heavy atom. The predicted octanol–water partition coefficient (Wildman–Crippen LogP) is 2.20. The maximum absolute atomic E-state index is 11.8. The van der Waals surface area contributed by atoms with Crippen LogP contribution in [0, 0.1) is 27.2 Å². The maximum atomic E-state index is 11.8. The molecule has 1 heterocycles. The number of anilines is 1. The van der Waals surface area contributed by atoms with Gasteiger partial charge in [0.2, 0.25) is 5.76 Å². The Bertz CT molecular complexity index is 858. The second-order valence-corrected chi connectivity index (χ2v) is 4.80. The summed E-state index contributed by atoms with van der Waals surface area (Å²) in [6.07, 6.45) is 0. The molecule has 0 bridgehead atoms. The van der Waals surface area contributed by atoms with Gasteiger partial charge in [-0.25, -0.2) is 4.79 Å². The van der Waals surface area contributed by atoms with Crippen molar-refractivity contribution in [2.45, 2.75) is 6.92 Å². The standard InChI is InChI=1S/C14H11N3O8/c1-8-2-3-9(10(6-8)16(20)21)15-12(18)7-24-14(19)11-4-5-13(25-11)17(22)23/h2-6H,7H2,1H3,(H,15,18). The van der Waals surface area contributed by atoms with E-state index >= 15 is 0 Å². The Hall–Kier alpha value is -3.76. The molecule has 11 nitrogen and oxygen atoms in total. The van der Waals surface area contributed by atoms with Gasteiger partial charge in [-0.15, -0.1) is 0 Å². The topological polar surface area (TPSA) is 155 Å². The number of aryl methyl sites for hydroxylation is 1. The van der Waals surface area contributed by atoms with E-state index in [1.54, 1.807) is 13.0 Å². The van der Waals surface area contributed by atoms with E-state index in [1.807, 2.05) is 0 Å². The minimum Gasteiger partial charge on any atom is -0.450 e. The van der Waals surface area contributed by atoms with Crippen LogP contribution in [0.2, 0.25) is 0 Å². The zero-order valence-corrected chi connectivity index (χ0v) is 12.8. The molecule has 130 valence electrons. The van der Waals surface area contributed by atoms with Crippen LogP contribution in [0.1, 0.15) is 16.1 Å². The first-order valence-electron chi connectivity index (χ1n) is 6.74. The van der Waals surface area contributed by atoms with Crippen molar-refractivity contribution in [3.63, 3.8) is 0 Å². The van der Waals surface area contributed by atoms with Gasteiger partial charge in [-0.1, -0.05) is 6.07 Å². The number of carbonyl (C=O) groups excluding carboxylic acids is 2. The Morgan fingerprint density at radius 3 is 2.48 bits per heavy atom. The highest BCUT2D eigenvalue weighted by Gasteiger charge is 2.20. The zero-order valence-electron chi connectivity index (χ0n) is 12.8. The Balaban J connectivity index is 1.98. The van der Waals surface area contributed by atoms with E-state index in [2.05, 4.69) is 14.5 Å². The van der Waals surface area contributed by atoms with Crippen LogP contribution >= 0.6 is 0 Å². The number of ether oxygens (including phenoxy) is 1. The lowest BCUT2D eigenvalue weighted by molar-refractivity contribution is -0.402. The van der Waals surface area contributed by atoms with E-state index in [0.717, 1.165) is 12.1 Å². The van der Waals surface area contributed by atoms with E-state index in [-0.39, 0.29) is 11.4 Å². The molecule has 11 heteroatoms. The third-order valence-electron chi connectivity index (χ3n) is 2.93. The quantitative estimate of drug-likeness (QED) is 0.472. The number of carbonyl (C=O) groups is 2. The van der Waals surface area contributed by atoms with Crippen molar-refractivity contribution in [3.05, 3.63) is 61.9 Å². The molecule has 2 rings (SSSR count). The molecule has 2 aromatic rings. The SMILES string of the molecule is Cc1ccc(NC(=O)COC(=O)c2ccc([N+](=O)[O-])o2)c([N+](=O)[O-])c1. The highest BCUT2D eigenvalue weighted by atomic mass is 16.7. The van der Waals surface area contributed by atoms with E-state index in [1.165, 1.54) is 12.1 Å². The van der Waals surface area contributed by atoms with Gasteiger partial charge in [0.1, 0.15) is 10.6 Å². The third-order valence-corrected chi connectivity index (χ3v) is 2.93. The lowest BCUT2D eigenvalue weighted by atomic mass is 10.2. The van der Waals surface area contributed by atoms with Crippen LogP contribution in [0.4, 0.5) is 17.3 Å². The number of rotatable bonds is 6. The molecule has 0 aliphatic rings. The minimum absolute atomic E-state index is 0.0507. The van der Waals surface area contributed by atoms with Gasteiger partial charge in [0.15, 0.2) is 6.61 Å². The Morgan fingerprint density at radius 1 is 1.16 bits per heavy atom. The number of nitro groups is 2. The fourth-order valence-corrected chi connectivity index (χ4v) is 1.82. The fourth-order valence-electron chi connectivity index (χ4n) is 1.82. The number of hydrogen-bond donors (Lipinski definition) is 1. The van der Waals surface area contributed by atoms with Gasteiger partial charge in [-0.2, -0.15) is 0 Å². The van der Waals surface area contributed by atoms with Crippen LogP contribution in [0.5, 0.6) is 0 Å². The van der Waals surface area contributed by atoms with E-state index < -0.39 is 40.0 Å². The minimum atomic E-state index is -1.08. The molecule has 25 heavy (non-hydrogen) atoms. The summed E-state index contributed by atoms with van der Waals surface area (Å²) < 4.78 is 9.27. The monoisotopic (exact) mass is 349 g/mol. The summed E-state index contributed by atoms with van der Waals surface area (Å²) in [5, 5.41) is 23.7. The molecule has 0 aliphatic heterocycles. The van der Waals surface area contributed by atoms with Crippen molar-refractivity contribution in [1.29, 1.82) is 0 Å². The molecule has 0 saturated carbocycles. The van der Waals surface area contributed by atoms with Gasteiger partial charge in [0, 0.05) is 6.07 Å². The van der Waals surface area contributed by atoms with E-state index in [4.69, 9.17) is 0 Å². The van der Waals surface area contributed by atoms with Crippen molar-refractivity contribution in [2.24, 2.45) is 0 Å². The van der Waals surface area contributed by atoms with Crippen molar-refractivity contribution in [2.75, 3.05) is 11.9 Å². The average molecular weight is 349 g/mol. The number of nitro benzene ring substituents is 1. The van der Waals surface area contributed by atoms with Crippen molar-refractivity contribution < 1.29 is 28.6 Å². The molecule has 1 aromatic heterocycles. The van der Waals surface area contributed by atoms with Crippen molar-refractivity contribution in [3.8, 4) is 0 Å². The molecule has 0 radical (unpaired) electrons. The van der Waals surface area contributed by atoms with E-state index in [9.17, 15) is 29.8 Å². The molecule has 0 atom stereocenters. The number of hydrogen-bond acceptors (Lipinski definition) is 8. The molecule has 0 saturated heterocycles. The number of nitrogens with zero attached hydrogens (tertiary/aromatic N) is 2. The zero-order chi connectivity index (χ0) is 18.6. The second kappa shape index (κ2) is 7.21. The van der Waals surface area contributed by atoms with Crippen LogP contribution in [0.15, 0.2) is 34.7 Å². The molecule has 1 N–H and O–H groups in total. The van der Waals surface area contributed by atoms with Crippen molar-refractivity contribution in [1.82, 2.24) is 0 Å². The molecule has 1 aromatic carbocycles. The number of nitrogens with one attached hydrogen (secondary N) is 1. The highest BCUT2D eigenvalue weighted by molar-refractivity contribution is 5.96. The number of furan rings is 1. The van der Waals surface area contributed by atoms with Crippen LogP contribution in [0.25, 0.3) is 0 Å². The van der Waals surface area contributed by atoms with E-state index in [0.29, 0.717) is 5.56 Å². The van der Waals surface area contributed by atoms with Crippen LogP contribution in [-0.2, 0) is 9.53 Å². The van der Waals surface area contributed by atoms with Gasteiger partial charge in [-0.05, 0) is 24.6 Å². The average Bonchev–Trinajstić information content (AvgIpc) is 3.04. The van der Waals surface area contributed by atoms with Crippen LogP contribution < -0.4 is 5.32 Å². The number of esters is 1. The number of amides is 1. The lowest BCUT2D eigenvalue weighted by Crippen LogP contribution is -2.21. The molecular formula is C14H11N3O8. The number of benzene rings is 1. The molecule has 1 amide bonds. The lowest BCUT2D eigenvalue weighted by Gasteiger charge is -2.07. The van der Waals surface area contributed by atoms with Gasteiger partial charge in [0.05, 0.1) is 11.0 Å². The summed E-state index contributed by atoms with van der Waals surface area (Å²) in [6, 6.07) is 6.19. The second-order valence-electron chi connectivity index (χ2n) is 4.80. The summed E-state index contributed by atoms with van der Waals surface area (Å²) >= 11 is 0. The van der Waals surface area contributed by atoms with Crippen LogP contribution in [-0.4, -0.2) is 28.3 Å². The first-order chi connectivity index (χ1) is 11.8. The summed E-state index contributed by atoms with van der Waals surface area (Å²) in [4.78, 5) is 43.3. The molecule has 0 aliphatic carbocycles. The predicted molar refractivity (Wildman–Crippen MR) is 82.1 cm³/mol. The molecule has 0 unspecified atom stereocenters. The first-order valence-corrected chi connectivity index (χ1v) is 6.74. The fraction of sp³-hybridized carbons (Fsp3) is 0.143. The highest BCUT2D eigenvalue weighted by Crippen LogP contribution is 2.25. The summed E-state index contributed by atoms with van der Waals surface area (Å²) in [7, 11) is 0. The van der Waals surface area contributed by atoms with Gasteiger partial charge in [0.25, 0.3) is 11.6 Å². The Kier molecular flexibility index (Phi) is 5.07. The summed E-state index contributed by atoms with van der Waals surface area (Å²) in [6.45, 7) is 0.904. The van der Waals surface area contributed by atoms with Crippen LogP contribution in [0.3, 0.4) is 0 Å². The normalized spacial score (nSPS) is 10.1. The van der Waals surface area contributed by atoms with Gasteiger partial charge >= 0.3 is 11.9 Å². The molecule has 0 fully saturated rings. The largest absolute Gasteiger partial charge is 0.450 e. The van der Waals surface area contributed by atoms with Gasteiger partial charge in [-0.3, -0.25) is 25.0 Å². The molecular weight excluding hydrogens is 338 g/mol. The van der Waals surface area contributed by atoms with Crippen molar-refractivity contribution >= 4 is 29.1 Å². The summed E-state index contributed by atoms with van der Waals surface area (Å²) in [5.74, 6) is -2.99. The third kappa shape index (κ3) is 4.37.